The molecule has 0 unspecified atom stereocenters. The van der Waals surface area contributed by atoms with Gasteiger partial charge in [-0.3, -0.25) is 0 Å². The Morgan fingerprint density at radius 1 is 0.524 bits per heavy atom. The van der Waals surface area contributed by atoms with Crippen molar-refractivity contribution >= 4 is 14.2 Å². The molecule has 0 atom stereocenters. The van der Waals surface area contributed by atoms with E-state index in [4.69, 9.17) is 4.74 Å². The monoisotopic (exact) mass is 568 g/mol. The molecule has 3 heteroatoms. The number of benzene rings is 5. The second kappa shape index (κ2) is 14.4. The van der Waals surface area contributed by atoms with Crippen LogP contribution in [0.3, 0.4) is 0 Å². The molecule has 42 heavy (non-hydrogen) atoms. The highest BCUT2D eigenvalue weighted by atomic mass is 31.1. The maximum atomic E-state index is 5.49. The number of rotatable bonds is 11. The Kier molecular flexibility index (Phi) is 10.1. The van der Waals surface area contributed by atoms with Gasteiger partial charge in [-0.15, -0.1) is 0 Å². The van der Waals surface area contributed by atoms with E-state index in [1.54, 1.807) is 0 Å². The Balaban J connectivity index is 1.88. The van der Waals surface area contributed by atoms with E-state index in [1.165, 1.54) is 38.9 Å². The first-order valence-electron chi connectivity index (χ1n) is 15.1. The molecule has 0 amide bonds. The first-order chi connectivity index (χ1) is 20.6. The number of nitrogens with zero attached hydrogens (tertiary/aromatic N) is 2. The lowest BCUT2D eigenvalue weighted by molar-refractivity contribution is 0.520. The Hall–Kier alpha value is -3.84. The van der Waals surface area contributed by atoms with E-state index in [2.05, 4.69) is 166 Å². The predicted molar refractivity (Wildman–Crippen MR) is 180 cm³/mol. The molecule has 0 aliphatic heterocycles. The second-order valence-electron chi connectivity index (χ2n) is 11.0. The summed E-state index contributed by atoms with van der Waals surface area (Å²) in [6, 6.07) is 48.6. The summed E-state index contributed by atoms with van der Waals surface area (Å²) in [5.74, 6) is 0.488. The molecule has 0 bridgehead atoms. The predicted octanol–water partition coefficient (Wildman–Crippen LogP) is 11.2. The van der Waals surface area contributed by atoms with Gasteiger partial charge in [0.1, 0.15) is 0 Å². The fraction of sp³-hybridized carbons (Fsp3) is 0.231. The molecule has 0 aromatic heterocycles. The minimum atomic E-state index is 0.0581. The third-order valence-corrected chi connectivity index (χ3v) is 9.12. The fourth-order valence-corrected chi connectivity index (χ4v) is 6.44. The van der Waals surface area contributed by atoms with Crippen LogP contribution in [0.5, 0.6) is 0 Å². The Morgan fingerprint density at radius 2 is 0.857 bits per heavy atom. The molecule has 0 aliphatic carbocycles. The summed E-state index contributed by atoms with van der Waals surface area (Å²) in [5.41, 5.74) is 10.1. The molecule has 0 radical (unpaired) electrons. The highest BCUT2D eigenvalue weighted by molar-refractivity contribution is 7.24. The first kappa shape index (κ1) is 29.6. The molecular formula is C39H41N2P. The van der Waals surface area contributed by atoms with E-state index in [0.717, 1.165) is 27.3 Å². The Morgan fingerprint density at radius 3 is 1.14 bits per heavy atom. The van der Waals surface area contributed by atoms with Crippen LogP contribution in [-0.4, -0.2) is 17.8 Å². The highest BCUT2D eigenvalue weighted by Crippen LogP contribution is 2.47. The number of hydrogen-bond donors (Lipinski definition) is 0. The standard InChI is InChI=1S/C39H41N2P/c1-5-41(6-2)42-40-39-35(37(30-19-11-7-12-20-30)31-21-13-8-14-22-31)27-34(29(3)4)28-36(39)38(32-23-15-9-16-24-32)33-25-17-10-18-26-33/h7-29,37-38H,5-6H2,1-4H3. The van der Waals surface area contributed by atoms with E-state index >= 15 is 0 Å². The average Bonchev–Trinajstić information content (AvgIpc) is 3.04. The number of hydrogen-bond acceptors (Lipinski definition) is 1. The van der Waals surface area contributed by atoms with Crippen LogP contribution in [0, 0.1) is 0 Å². The Labute approximate surface area is 254 Å². The van der Waals surface area contributed by atoms with Crippen molar-refractivity contribution < 1.29 is 0 Å². The van der Waals surface area contributed by atoms with Crippen LogP contribution in [0.15, 0.2) is 138 Å². The molecule has 0 saturated carbocycles. The van der Waals surface area contributed by atoms with Crippen LogP contribution >= 0.6 is 8.52 Å². The summed E-state index contributed by atoms with van der Waals surface area (Å²) >= 11 is 0. The van der Waals surface area contributed by atoms with Crippen molar-refractivity contribution in [1.82, 2.24) is 4.67 Å². The Bertz CT molecular complexity index is 1380. The van der Waals surface area contributed by atoms with Gasteiger partial charge in [-0.25, -0.2) is 9.42 Å². The maximum Gasteiger partial charge on any atom is 0.0990 e. The summed E-state index contributed by atoms with van der Waals surface area (Å²) < 4.78 is 7.86. The lowest BCUT2D eigenvalue weighted by atomic mass is 9.77. The quantitative estimate of drug-likeness (QED) is 0.114. The third-order valence-electron chi connectivity index (χ3n) is 8.01. The average molecular weight is 569 g/mol. The van der Waals surface area contributed by atoms with Crippen molar-refractivity contribution in [2.45, 2.75) is 45.4 Å². The van der Waals surface area contributed by atoms with E-state index in [9.17, 15) is 0 Å². The lowest BCUT2D eigenvalue weighted by Crippen LogP contribution is -2.11. The topological polar surface area (TPSA) is 15.6 Å². The van der Waals surface area contributed by atoms with E-state index in [1.807, 2.05) is 0 Å². The SMILES string of the molecule is CCN(CC)P=Nc1c(C(c2ccccc2)c2ccccc2)cc(C(C)C)cc1C(c1ccccc1)c1ccccc1. The van der Waals surface area contributed by atoms with Crippen LogP contribution in [0.25, 0.3) is 0 Å². The normalized spacial score (nSPS) is 11.8. The van der Waals surface area contributed by atoms with Gasteiger partial charge in [0, 0.05) is 24.9 Å². The van der Waals surface area contributed by atoms with Gasteiger partial charge in [0.15, 0.2) is 0 Å². The second-order valence-corrected chi connectivity index (χ2v) is 12.0. The molecule has 0 heterocycles. The zero-order chi connectivity index (χ0) is 29.3. The molecule has 0 spiro atoms. The highest BCUT2D eigenvalue weighted by Gasteiger charge is 2.28. The van der Waals surface area contributed by atoms with Gasteiger partial charge in [-0.1, -0.05) is 161 Å². The van der Waals surface area contributed by atoms with Gasteiger partial charge >= 0.3 is 0 Å². The third kappa shape index (κ3) is 6.79. The molecule has 5 aromatic carbocycles. The van der Waals surface area contributed by atoms with Gasteiger partial charge in [0.25, 0.3) is 0 Å². The summed E-state index contributed by atoms with van der Waals surface area (Å²) in [4.78, 5) is 0. The summed E-state index contributed by atoms with van der Waals surface area (Å²) in [6.07, 6.45) is 0. The molecule has 0 N–H and O–H groups in total. The van der Waals surface area contributed by atoms with E-state index < -0.39 is 0 Å². The lowest BCUT2D eigenvalue weighted by Gasteiger charge is -2.28. The fourth-order valence-electron chi connectivity index (χ4n) is 5.74. The molecule has 0 aliphatic rings. The molecular weight excluding hydrogens is 527 g/mol. The molecule has 5 aromatic rings. The van der Waals surface area contributed by atoms with Crippen molar-refractivity contribution in [2.75, 3.05) is 13.1 Å². The van der Waals surface area contributed by atoms with Crippen LogP contribution in [0.2, 0.25) is 0 Å². The van der Waals surface area contributed by atoms with Crippen molar-refractivity contribution in [3.8, 4) is 0 Å². The molecule has 212 valence electrons. The van der Waals surface area contributed by atoms with Crippen molar-refractivity contribution in [1.29, 1.82) is 0 Å². The first-order valence-corrected chi connectivity index (χ1v) is 15.9. The van der Waals surface area contributed by atoms with Gasteiger partial charge in [0.05, 0.1) is 14.2 Å². The van der Waals surface area contributed by atoms with E-state index in [0.29, 0.717) is 5.92 Å². The summed E-state index contributed by atoms with van der Waals surface area (Å²) in [7, 11) is 0.975. The molecule has 5 rings (SSSR count). The maximum absolute atomic E-state index is 5.49. The zero-order valence-electron chi connectivity index (χ0n) is 25.2. The van der Waals surface area contributed by atoms with Gasteiger partial charge in [-0.05, 0) is 44.9 Å². The van der Waals surface area contributed by atoms with Crippen LogP contribution in [0.4, 0.5) is 5.69 Å². The van der Waals surface area contributed by atoms with Gasteiger partial charge in [0.2, 0.25) is 0 Å². The van der Waals surface area contributed by atoms with Crippen molar-refractivity contribution in [2.24, 2.45) is 4.74 Å². The summed E-state index contributed by atoms with van der Waals surface area (Å²) in [5, 5.41) is 0. The molecule has 0 fully saturated rings. The van der Waals surface area contributed by atoms with Crippen molar-refractivity contribution in [3.63, 3.8) is 0 Å². The van der Waals surface area contributed by atoms with Gasteiger partial charge in [-0.2, -0.15) is 0 Å². The van der Waals surface area contributed by atoms with Crippen LogP contribution in [0.1, 0.15) is 84.4 Å². The zero-order valence-corrected chi connectivity index (χ0v) is 26.1. The molecule has 0 saturated heterocycles. The van der Waals surface area contributed by atoms with Crippen LogP contribution in [-0.2, 0) is 0 Å². The van der Waals surface area contributed by atoms with Gasteiger partial charge < -0.3 is 0 Å². The van der Waals surface area contributed by atoms with E-state index in [-0.39, 0.29) is 11.8 Å². The largest absolute Gasteiger partial charge is 0.242 e. The summed E-state index contributed by atoms with van der Waals surface area (Å²) in [6.45, 7) is 10.9. The van der Waals surface area contributed by atoms with Crippen LogP contribution < -0.4 is 0 Å². The minimum Gasteiger partial charge on any atom is -0.242 e. The molecule has 2 nitrogen and oxygen atoms in total. The smallest absolute Gasteiger partial charge is 0.0990 e. The van der Waals surface area contributed by atoms with Crippen molar-refractivity contribution in [3.05, 3.63) is 172 Å². The minimum absolute atomic E-state index is 0.0581.